The molecule has 0 saturated carbocycles. The largest absolute Gasteiger partial charge is 0.490 e. The Morgan fingerprint density at radius 2 is 2.19 bits per heavy atom. The van der Waals surface area contributed by atoms with E-state index in [1.165, 1.54) is 35.5 Å². The minimum Gasteiger partial charge on any atom is -0.490 e. The number of ether oxygens (including phenoxy) is 2. The summed E-state index contributed by atoms with van der Waals surface area (Å²) in [6.45, 7) is 1.72. The molecule has 9 heteroatoms. The highest BCUT2D eigenvalue weighted by molar-refractivity contribution is 5.38. The van der Waals surface area contributed by atoms with Crippen molar-refractivity contribution in [1.82, 2.24) is 25.0 Å². The Morgan fingerprint density at radius 3 is 2.88 bits per heavy atom. The van der Waals surface area contributed by atoms with Gasteiger partial charge in [0, 0.05) is 24.4 Å². The third-order valence-corrected chi connectivity index (χ3v) is 4.02. The van der Waals surface area contributed by atoms with Crippen LogP contribution in [0.4, 0.5) is 4.39 Å². The van der Waals surface area contributed by atoms with Crippen LogP contribution in [-0.2, 0) is 4.74 Å². The average molecular weight is 357 g/mol. The van der Waals surface area contributed by atoms with Gasteiger partial charge in [0.15, 0.2) is 11.6 Å². The summed E-state index contributed by atoms with van der Waals surface area (Å²) in [4.78, 5) is 7.94. The van der Waals surface area contributed by atoms with Gasteiger partial charge in [0.25, 0.3) is 0 Å². The van der Waals surface area contributed by atoms with Crippen molar-refractivity contribution in [1.29, 1.82) is 0 Å². The SMILES string of the molecule is OC(c1cnccn1)c1cn(-c2ccc(OCC3COC3)c(F)c2)nn1. The molecule has 1 N–H and O–H groups in total. The molecule has 1 aliphatic rings. The summed E-state index contributed by atoms with van der Waals surface area (Å²) < 4.78 is 26.2. The van der Waals surface area contributed by atoms with Gasteiger partial charge in [-0.15, -0.1) is 5.10 Å². The topological polar surface area (TPSA) is 95.2 Å². The quantitative estimate of drug-likeness (QED) is 0.710. The van der Waals surface area contributed by atoms with Crippen LogP contribution in [0, 0.1) is 11.7 Å². The molecule has 0 spiro atoms. The van der Waals surface area contributed by atoms with Crippen molar-refractivity contribution in [2.45, 2.75) is 6.10 Å². The highest BCUT2D eigenvalue weighted by atomic mass is 19.1. The van der Waals surface area contributed by atoms with Gasteiger partial charge < -0.3 is 14.6 Å². The first-order chi connectivity index (χ1) is 12.7. The van der Waals surface area contributed by atoms with Gasteiger partial charge in [0.2, 0.25) is 0 Å². The van der Waals surface area contributed by atoms with Crippen LogP contribution in [0.2, 0.25) is 0 Å². The predicted molar refractivity (Wildman–Crippen MR) is 87.2 cm³/mol. The van der Waals surface area contributed by atoms with Crippen LogP contribution >= 0.6 is 0 Å². The maximum Gasteiger partial charge on any atom is 0.167 e. The molecule has 0 radical (unpaired) electrons. The van der Waals surface area contributed by atoms with Crippen LogP contribution in [0.1, 0.15) is 17.5 Å². The molecular formula is C17H16FN5O3. The van der Waals surface area contributed by atoms with E-state index in [2.05, 4.69) is 20.3 Å². The molecule has 3 aromatic rings. The number of aromatic nitrogens is 5. The van der Waals surface area contributed by atoms with E-state index in [0.29, 0.717) is 37.1 Å². The maximum absolute atomic E-state index is 14.3. The lowest BCUT2D eigenvalue weighted by molar-refractivity contribution is -0.0512. The van der Waals surface area contributed by atoms with E-state index in [1.807, 2.05) is 0 Å². The number of halogens is 1. The fourth-order valence-corrected chi connectivity index (χ4v) is 2.47. The third kappa shape index (κ3) is 3.39. The second kappa shape index (κ2) is 7.14. The second-order valence-corrected chi connectivity index (χ2v) is 5.95. The minimum absolute atomic E-state index is 0.181. The Morgan fingerprint density at radius 1 is 1.31 bits per heavy atom. The standard InChI is InChI=1S/C17H16FN5O3/c18-13-5-12(1-2-16(13)26-10-11-8-25-9-11)23-7-15(21-22-23)17(24)14-6-19-3-4-20-14/h1-7,11,17,24H,8-10H2. The number of aliphatic hydroxyl groups excluding tert-OH is 1. The monoisotopic (exact) mass is 357 g/mol. The average Bonchev–Trinajstić information content (AvgIpc) is 3.12. The molecule has 26 heavy (non-hydrogen) atoms. The van der Waals surface area contributed by atoms with E-state index >= 15 is 0 Å². The van der Waals surface area contributed by atoms with Crippen LogP contribution in [0.5, 0.6) is 5.75 Å². The first kappa shape index (κ1) is 16.6. The molecule has 1 atom stereocenters. The summed E-state index contributed by atoms with van der Waals surface area (Å²) in [6.07, 6.45) is 4.89. The zero-order chi connectivity index (χ0) is 17.9. The first-order valence-electron chi connectivity index (χ1n) is 8.07. The van der Waals surface area contributed by atoms with Gasteiger partial charge in [-0.25, -0.2) is 9.07 Å². The van der Waals surface area contributed by atoms with Crippen molar-refractivity contribution < 1.29 is 19.0 Å². The molecule has 4 rings (SSSR count). The van der Waals surface area contributed by atoms with Crippen LogP contribution in [-0.4, -0.2) is 49.9 Å². The van der Waals surface area contributed by atoms with Gasteiger partial charge in [-0.05, 0) is 12.1 Å². The second-order valence-electron chi connectivity index (χ2n) is 5.95. The highest BCUT2D eigenvalue weighted by Gasteiger charge is 2.20. The number of nitrogens with zero attached hydrogens (tertiary/aromatic N) is 5. The summed E-state index contributed by atoms with van der Waals surface area (Å²) in [6, 6.07) is 4.52. The van der Waals surface area contributed by atoms with Crippen molar-refractivity contribution in [3.63, 3.8) is 0 Å². The van der Waals surface area contributed by atoms with E-state index < -0.39 is 11.9 Å². The molecule has 1 fully saturated rings. The fourth-order valence-electron chi connectivity index (χ4n) is 2.47. The van der Waals surface area contributed by atoms with E-state index in [4.69, 9.17) is 9.47 Å². The van der Waals surface area contributed by atoms with Gasteiger partial charge in [0.1, 0.15) is 11.8 Å². The van der Waals surface area contributed by atoms with Gasteiger partial charge in [-0.3, -0.25) is 9.97 Å². The highest BCUT2D eigenvalue weighted by Crippen LogP contribution is 2.23. The van der Waals surface area contributed by atoms with Crippen LogP contribution in [0.15, 0.2) is 43.0 Å². The zero-order valence-corrected chi connectivity index (χ0v) is 13.7. The van der Waals surface area contributed by atoms with E-state index in [1.54, 1.807) is 12.1 Å². The summed E-state index contributed by atoms with van der Waals surface area (Å²) in [5.74, 6) is 0.00405. The summed E-state index contributed by atoms with van der Waals surface area (Å²) >= 11 is 0. The molecule has 0 amide bonds. The third-order valence-electron chi connectivity index (χ3n) is 4.02. The van der Waals surface area contributed by atoms with E-state index in [0.717, 1.165) is 0 Å². The van der Waals surface area contributed by atoms with Crippen molar-refractivity contribution >= 4 is 0 Å². The van der Waals surface area contributed by atoms with Crippen LogP contribution in [0.3, 0.4) is 0 Å². The van der Waals surface area contributed by atoms with Crippen molar-refractivity contribution in [3.05, 3.63) is 60.2 Å². The lowest BCUT2D eigenvalue weighted by atomic mass is 10.1. The molecule has 0 aliphatic carbocycles. The number of hydrogen-bond donors (Lipinski definition) is 1. The van der Waals surface area contributed by atoms with Crippen LogP contribution < -0.4 is 4.74 Å². The Kier molecular flexibility index (Phi) is 4.55. The molecule has 134 valence electrons. The normalized spacial score (nSPS) is 15.5. The molecule has 1 aromatic carbocycles. The van der Waals surface area contributed by atoms with Gasteiger partial charge in [-0.2, -0.15) is 0 Å². The molecule has 8 nitrogen and oxygen atoms in total. The molecule has 1 saturated heterocycles. The van der Waals surface area contributed by atoms with Crippen LogP contribution in [0.25, 0.3) is 5.69 Å². The summed E-state index contributed by atoms with van der Waals surface area (Å²) in [7, 11) is 0. The van der Waals surface area contributed by atoms with E-state index in [9.17, 15) is 9.50 Å². The lowest BCUT2D eigenvalue weighted by Gasteiger charge is -2.25. The van der Waals surface area contributed by atoms with Crippen molar-refractivity contribution in [2.75, 3.05) is 19.8 Å². The van der Waals surface area contributed by atoms with Crippen molar-refractivity contribution in [3.8, 4) is 11.4 Å². The smallest absolute Gasteiger partial charge is 0.167 e. The Bertz CT molecular complexity index is 885. The molecule has 0 bridgehead atoms. The number of benzene rings is 1. The molecule has 2 aromatic heterocycles. The van der Waals surface area contributed by atoms with E-state index in [-0.39, 0.29) is 11.4 Å². The van der Waals surface area contributed by atoms with Gasteiger partial charge >= 0.3 is 0 Å². The minimum atomic E-state index is -1.06. The number of hydrogen-bond acceptors (Lipinski definition) is 7. The Hall–Kier alpha value is -2.91. The zero-order valence-electron chi connectivity index (χ0n) is 13.7. The fraction of sp³-hybridized carbons (Fsp3) is 0.294. The number of rotatable bonds is 6. The number of aliphatic hydroxyl groups is 1. The van der Waals surface area contributed by atoms with Crippen molar-refractivity contribution in [2.24, 2.45) is 5.92 Å². The molecular weight excluding hydrogens is 341 g/mol. The maximum atomic E-state index is 14.3. The predicted octanol–water partition coefficient (Wildman–Crippen LogP) is 1.30. The summed E-state index contributed by atoms with van der Waals surface area (Å²) in [5, 5.41) is 18.1. The lowest BCUT2D eigenvalue weighted by Crippen LogP contribution is -2.32. The first-order valence-corrected chi connectivity index (χ1v) is 8.07. The molecule has 3 heterocycles. The van der Waals surface area contributed by atoms with Gasteiger partial charge in [0.05, 0.1) is 43.6 Å². The Labute approximate surface area is 148 Å². The van der Waals surface area contributed by atoms with Gasteiger partial charge in [-0.1, -0.05) is 5.21 Å². The summed E-state index contributed by atoms with van der Waals surface area (Å²) in [5.41, 5.74) is 1.11. The Balaban J connectivity index is 1.49. The molecule has 1 unspecified atom stereocenters. The molecule has 1 aliphatic heterocycles.